The lowest BCUT2D eigenvalue weighted by molar-refractivity contribution is -0.135. The molecule has 7 heteroatoms. The van der Waals surface area contributed by atoms with E-state index in [0.29, 0.717) is 29.4 Å². The zero-order valence-electron chi connectivity index (χ0n) is 19.8. The van der Waals surface area contributed by atoms with Gasteiger partial charge in [0.1, 0.15) is 11.4 Å². The fourth-order valence-electron chi connectivity index (χ4n) is 3.97. The van der Waals surface area contributed by atoms with E-state index in [1.54, 1.807) is 0 Å². The van der Waals surface area contributed by atoms with E-state index in [0.717, 1.165) is 48.2 Å². The second kappa shape index (κ2) is 9.67. The molecule has 0 unspecified atom stereocenters. The topological polar surface area (TPSA) is 65.1 Å². The maximum Gasteiger partial charge on any atom is 0.277 e. The van der Waals surface area contributed by atoms with Gasteiger partial charge in [-0.25, -0.2) is 0 Å². The van der Waals surface area contributed by atoms with Crippen LogP contribution in [0.4, 0.5) is 11.4 Å². The number of carbonyl (C=O) groups excluding carboxylic acids is 2. The first-order valence-corrected chi connectivity index (χ1v) is 11.4. The van der Waals surface area contributed by atoms with Crippen LogP contribution in [0.3, 0.4) is 0 Å². The molecule has 0 bridgehead atoms. The number of rotatable bonds is 7. The number of ether oxygens (including phenoxy) is 1. The monoisotopic (exact) mass is 448 g/mol. The quantitative estimate of drug-likeness (QED) is 0.656. The number of anilines is 2. The van der Waals surface area contributed by atoms with E-state index in [2.05, 4.69) is 48.1 Å². The second-order valence-corrected chi connectivity index (χ2v) is 9.11. The highest BCUT2D eigenvalue weighted by Crippen LogP contribution is 2.31. The number of hydrogen-bond acceptors (Lipinski definition) is 6. The second-order valence-electron chi connectivity index (χ2n) is 9.11. The van der Waals surface area contributed by atoms with E-state index in [9.17, 15) is 9.59 Å². The van der Waals surface area contributed by atoms with Gasteiger partial charge in [0.15, 0.2) is 0 Å². The summed E-state index contributed by atoms with van der Waals surface area (Å²) < 4.78 is 5.74. The number of amides is 2. The summed E-state index contributed by atoms with van der Waals surface area (Å²) >= 11 is 0. The van der Waals surface area contributed by atoms with Gasteiger partial charge in [-0.1, -0.05) is 26.0 Å². The summed E-state index contributed by atoms with van der Waals surface area (Å²) in [6.07, 6.45) is 0. The minimum absolute atomic E-state index is 0.297. The Morgan fingerprint density at radius 2 is 1.52 bits per heavy atom. The normalized spacial score (nSPS) is 17.4. The standard InChI is InChI=1S/C26H32N4O3/c1-18(2)17-33-22-11-5-19(6-12-22)23-24(26(32)29(4)25(23)31)27-20-7-9-21(10-8-20)30-15-13-28(3)14-16-30/h5-12,18,27H,13-17H2,1-4H3. The van der Waals surface area contributed by atoms with Crippen LogP contribution < -0.4 is 15.0 Å². The average Bonchev–Trinajstić information content (AvgIpc) is 3.02. The van der Waals surface area contributed by atoms with Crippen molar-refractivity contribution in [2.75, 3.05) is 57.1 Å². The third-order valence-electron chi connectivity index (χ3n) is 6.02. The van der Waals surface area contributed by atoms with Gasteiger partial charge < -0.3 is 19.9 Å². The number of imide groups is 1. The van der Waals surface area contributed by atoms with Crippen molar-refractivity contribution in [3.05, 3.63) is 59.8 Å². The Hall–Kier alpha value is -3.32. The van der Waals surface area contributed by atoms with Crippen LogP contribution in [0.2, 0.25) is 0 Å². The Bertz CT molecular complexity index is 1040. The maximum atomic E-state index is 12.9. The summed E-state index contributed by atoms with van der Waals surface area (Å²) in [7, 11) is 3.65. The van der Waals surface area contributed by atoms with Crippen LogP contribution in [0.15, 0.2) is 54.2 Å². The highest BCUT2D eigenvalue weighted by Gasteiger charge is 2.36. The highest BCUT2D eigenvalue weighted by atomic mass is 16.5. The van der Waals surface area contributed by atoms with Crippen molar-refractivity contribution in [3.8, 4) is 5.75 Å². The summed E-state index contributed by atoms with van der Waals surface area (Å²) in [5.74, 6) is 0.520. The molecule has 2 heterocycles. The van der Waals surface area contributed by atoms with E-state index < -0.39 is 0 Å². The molecule has 33 heavy (non-hydrogen) atoms. The summed E-state index contributed by atoms with van der Waals surface area (Å²) in [6.45, 7) is 8.88. The molecule has 0 aliphatic carbocycles. The van der Waals surface area contributed by atoms with Gasteiger partial charge in [-0.05, 0) is 54.9 Å². The average molecular weight is 449 g/mol. The molecule has 2 amide bonds. The maximum absolute atomic E-state index is 12.9. The van der Waals surface area contributed by atoms with Gasteiger partial charge in [0, 0.05) is 44.6 Å². The molecule has 2 aliphatic rings. The van der Waals surface area contributed by atoms with Crippen molar-refractivity contribution >= 4 is 28.8 Å². The summed E-state index contributed by atoms with van der Waals surface area (Å²) in [6, 6.07) is 15.3. The van der Waals surface area contributed by atoms with Crippen LogP contribution >= 0.6 is 0 Å². The third kappa shape index (κ3) is 5.03. The van der Waals surface area contributed by atoms with Crippen molar-refractivity contribution < 1.29 is 14.3 Å². The minimum Gasteiger partial charge on any atom is -0.493 e. The molecule has 1 N–H and O–H groups in total. The van der Waals surface area contributed by atoms with Crippen molar-refractivity contribution in [1.29, 1.82) is 0 Å². The molecular weight excluding hydrogens is 416 g/mol. The first kappa shape index (κ1) is 22.9. The van der Waals surface area contributed by atoms with Crippen LogP contribution in [-0.4, -0.2) is 68.5 Å². The largest absolute Gasteiger partial charge is 0.493 e. The first-order chi connectivity index (χ1) is 15.8. The number of nitrogens with zero attached hydrogens (tertiary/aromatic N) is 3. The molecule has 2 aromatic rings. The molecule has 1 saturated heterocycles. The SMILES string of the molecule is CC(C)COc1ccc(C2=C(Nc3ccc(N4CCN(C)CC4)cc3)C(=O)N(C)C2=O)cc1. The Morgan fingerprint density at radius 1 is 0.879 bits per heavy atom. The van der Waals surface area contributed by atoms with Crippen LogP contribution in [0, 0.1) is 5.92 Å². The number of piperazine rings is 1. The lowest BCUT2D eigenvalue weighted by Gasteiger charge is -2.34. The number of likely N-dealkylation sites (N-methyl/N-ethyl adjacent to an activating group) is 2. The van der Waals surface area contributed by atoms with Gasteiger partial charge in [-0.3, -0.25) is 14.5 Å². The van der Waals surface area contributed by atoms with Crippen LogP contribution in [0.1, 0.15) is 19.4 Å². The lowest BCUT2D eigenvalue weighted by Crippen LogP contribution is -2.44. The molecule has 0 aromatic heterocycles. The number of hydrogen-bond donors (Lipinski definition) is 1. The van der Waals surface area contributed by atoms with E-state index in [4.69, 9.17) is 4.74 Å². The van der Waals surface area contributed by atoms with Crippen molar-refractivity contribution in [2.24, 2.45) is 5.92 Å². The molecule has 1 fully saturated rings. The van der Waals surface area contributed by atoms with Gasteiger partial charge in [0.25, 0.3) is 11.8 Å². The van der Waals surface area contributed by atoms with Crippen molar-refractivity contribution in [3.63, 3.8) is 0 Å². The Kier molecular flexibility index (Phi) is 6.70. The van der Waals surface area contributed by atoms with Crippen LogP contribution in [-0.2, 0) is 9.59 Å². The summed E-state index contributed by atoms with van der Waals surface area (Å²) in [5.41, 5.74) is 3.29. The number of nitrogens with one attached hydrogen (secondary N) is 1. The Labute approximate surface area is 195 Å². The van der Waals surface area contributed by atoms with Gasteiger partial charge in [-0.2, -0.15) is 0 Å². The van der Waals surface area contributed by atoms with E-state index in [1.165, 1.54) is 7.05 Å². The predicted molar refractivity (Wildman–Crippen MR) is 131 cm³/mol. The molecule has 174 valence electrons. The highest BCUT2D eigenvalue weighted by molar-refractivity contribution is 6.36. The number of carbonyl (C=O) groups is 2. The van der Waals surface area contributed by atoms with Gasteiger partial charge in [0.05, 0.1) is 12.2 Å². The summed E-state index contributed by atoms with van der Waals surface area (Å²) in [5, 5.41) is 3.20. The molecule has 4 rings (SSSR count). The Morgan fingerprint density at radius 3 is 2.12 bits per heavy atom. The molecule has 0 radical (unpaired) electrons. The van der Waals surface area contributed by atoms with Crippen molar-refractivity contribution in [2.45, 2.75) is 13.8 Å². The molecule has 2 aliphatic heterocycles. The molecule has 0 saturated carbocycles. The van der Waals surface area contributed by atoms with E-state index >= 15 is 0 Å². The lowest BCUT2D eigenvalue weighted by atomic mass is 10.0. The molecule has 7 nitrogen and oxygen atoms in total. The first-order valence-electron chi connectivity index (χ1n) is 11.4. The fraction of sp³-hybridized carbons (Fsp3) is 0.385. The van der Waals surface area contributed by atoms with Crippen molar-refractivity contribution in [1.82, 2.24) is 9.80 Å². The van der Waals surface area contributed by atoms with Gasteiger partial charge in [0.2, 0.25) is 0 Å². The molecule has 0 spiro atoms. The number of benzene rings is 2. The Balaban J connectivity index is 1.55. The van der Waals surface area contributed by atoms with Gasteiger partial charge >= 0.3 is 0 Å². The predicted octanol–water partition coefficient (Wildman–Crippen LogP) is 3.30. The zero-order chi connectivity index (χ0) is 23.5. The van der Waals surface area contributed by atoms with Crippen LogP contribution in [0.5, 0.6) is 5.75 Å². The van der Waals surface area contributed by atoms with Gasteiger partial charge in [-0.15, -0.1) is 0 Å². The smallest absolute Gasteiger partial charge is 0.277 e. The van der Waals surface area contributed by atoms with E-state index in [-0.39, 0.29) is 11.8 Å². The zero-order valence-corrected chi connectivity index (χ0v) is 19.8. The molecule has 2 aromatic carbocycles. The van der Waals surface area contributed by atoms with E-state index in [1.807, 2.05) is 36.4 Å². The summed E-state index contributed by atoms with van der Waals surface area (Å²) in [4.78, 5) is 31.5. The van der Waals surface area contributed by atoms with Crippen LogP contribution in [0.25, 0.3) is 5.57 Å². The minimum atomic E-state index is -0.335. The molecule has 0 atom stereocenters. The third-order valence-corrected chi connectivity index (χ3v) is 6.02. The fourth-order valence-corrected chi connectivity index (χ4v) is 3.97. The molecular formula is C26H32N4O3.